The van der Waals surface area contributed by atoms with Crippen LogP contribution in [-0.2, 0) is 0 Å². The SMILES string of the molecule is CC[C@@H](C)N1C(=O)c2ccccc2N[C@H]1c1cc(C)[nH]c1C. The molecule has 2 heterocycles. The summed E-state index contributed by atoms with van der Waals surface area (Å²) < 4.78 is 0. The highest BCUT2D eigenvalue weighted by Crippen LogP contribution is 2.36. The molecule has 2 N–H and O–H groups in total. The first-order valence-electron chi connectivity index (χ1n) is 7.87. The molecule has 2 aromatic rings. The van der Waals surface area contributed by atoms with Gasteiger partial charge in [0.25, 0.3) is 5.91 Å². The van der Waals surface area contributed by atoms with Gasteiger partial charge in [0.1, 0.15) is 6.17 Å². The highest BCUT2D eigenvalue weighted by atomic mass is 16.2. The van der Waals surface area contributed by atoms with Crippen molar-refractivity contribution in [3.63, 3.8) is 0 Å². The summed E-state index contributed by atoms with van der Waals surface area (Å²) in [6, 6.07) is 10.1. The number of hydrogen-bond donors (Lipinski definition) is 2. The van der Waals surface area contributed by atoms with E-state index in [0.29, 0.717) is 0 Å². The summed E-state index contributed by atoms with van der Waals surface area (Å²) in [6.45, 7) is 8.33. The lowest BCUT2D eigenvalue weighted by atomic mass is 10.0. The summed E-state index contributed by atoms with van der Waals surface area (Å²) >= 11 is 0. The van der Waals surface area contributed by atoms with Crippen molar-refractivity contribution in [1.82, 2.24) is 9.88 Å². The van der Waals surface area contributed by atoms with Gasteiger partial charge in [-0.3, -0.25) is 4.79 Å². The van der Waals surface area contributed by atoms with E-state index in [2.05, 4.69) is 37.1 Å². The highest BCUT2D eigenvalue weighted by Gasteiger charge is 2.36. The van der Waals surface area contributed by atoms with Crippen LogP contribution in [0.15, 0.2) is 30.3 Å². The molecule has 0 unspecified atom stereocenters. The Bertz CT molecular complexity index is 704. The number of para-hydroxylation sites is 1. The summed E-state index contributed by atoms with van der Waals surface area (Å²) in [5.74, 6) is 0.104. The predicted molar refractivity (Wildman–Crippen MR) is 89.0 cm³/mol. The Morgan fingerprint density at radius 3 is 2.64 bits per heavy atom. The normalized spacial score (nSPS) is 18.8. The van der Waals surface area contributed by atoms with Gasteiger partial charge in [-0.2, -0.15) is 0 Å². The smallest absolute Gasteiger partial charge is 0.258 e. The molecule has 4 heteroatoms. The zero-order valence-electron chi connectivity index (χ0n) is 13.6. The Balaban J connectivity index is 2.11. The second-order valence-electron chi connectivity index (χ2n) is 6.09. The molecular weight excluding hydrogens is 274 g/mol. The highest BCUT2D eigenvalue weighted by molar-refractivity contribution is 6.01. The van der Waals surface area contributed by atoms with E-state index in [4.69, 9.17) is 0 Å². The zero-order chi connectivity index (χ0) is 15.9. The number of hydrogen-bond acceptors (Lipinski definition) is 2. The van der Waals surface area contributed by atoms with Crippen LogP contribution < -0.4 is 5.32 Å². The van der Waals surface area contributed by atoms with E-state index in [1.165, 1.54) is 0 Å². The molecule has 0 spiro atoms. The Morgan fingerprint density at radius 1 is 1.27 bits per heavy atom. The van der Waals surface area contributed by atoms with Gasteiger partial charge in [-0.05, 0) is 45.4 Å². The van der Waals surface area contributed by atoms with Gasteiger partial charge < -0.3 is 15.2 Å². The first-order chi connectivity index (χ1) is 10.5. The number of nitrogens with one attached hydrogen (secondary N) is 2. The fourth-order valence-corrected chi connectivity index (χ4v) is 3.18. The predicted octanol–water partition coefficient (Wildman–Crippen LogP) is 4.00. The van der Waals surface area contributed by atoms with Gasteiger partial charge in [0.2, 0.25) is 0 Å². The van der Waals surface area contributed by atoms with Gasteiger partial charge in [0, 0.05) is 28.7 Å². The topological polar surface area (TPSA) is 48.1 Å². The van der Waals surface area contributed by atoms with Crippen LogP contribution in [0.3, 0.4) is 0 Å². The van der Waals surface area contributed by atoms with Crippen molar-refractivity contribution in [2.45, 2.75) is 46.3 Å². The number of rotatable bonds is 3. The monoisotopic (exact) mass is 297 g/mol. The molecule has 22 heavy (non-hydrogen) atoms. The van der Waals surface area contributed by atoms with Crippen LogP contribution in [-0.4, -0.2) is 21.8 Å². The number of carbonyl (C=O) groups is 1. The summed E-state index contributed by atoms with van der Waals surface area (Å²) in [6.07, 6.45) is 0.802. The molecule has 1 aliphatic heterocycles. The van der Waals surface area contributed by atoms with Crippen LogP contribution in [0.5, 0.6) is 0 Å². The summed E-state index contributed by atoms with van der Waals surface area (Å²) in [4.78, 5) is 18.3. The number of fused-ring (bicyclic) bond motifs is 1. The minimum Gasteiger partial charge on any atom is -0.362 e. The number of nitrogens with zero attached hydrogens (tertiary/aromatic N) is 1. The lowest BCUT2D eigenvalue weighted by Gasteiger charge is -2.41. The average Bonchev–Trinajstić information content (AvgIpc) is 2.85. The number of aromatic nitrogens is 1. The summed E-state index contributed by atoms with van der Waals surface area (Å²) in [7, 11) is 0. The molecule has 4 nitrogen and oxygen atoms in total. The number of amides is 1. The minimum absolute atomic E-state index is 0.104. The number of aryl methyl sites for hydroxylation is 2. The summed E-state index contributed by atoms with van der Waals surface area (Å²) in [5, 5.41) is 3.55. The average molecular weight is 297 g/mol. The van der Waals surface area contributed by atoms with Crippen molar-refractivity contribution in [1.29, 1.82) is 0 Å². The molecule has 0 bridgehead atoms. The van der Waals surface area contributed by atoms with Gasteiger partial charge in [0.05, 0.1) is 5.56 Å². The van der Waals surface area contributed by atoms with Crippen molar-refractivity contribution >= 4 is 11.6 Å². The van der Waals surface area contributed by atoms with Gasteiger partial charge in [0.15, 0.2) is 0 Å². The Morgan fingerprint density at radius 2 is 2.00 bits per heavy atom. The van der Waals surface area contributed by atoms with Crippen molar-refractivity contribution in [2.24, 2.45) is 0 Å². The van der Waals surface area contributed by atoms with Crippen molar-refractivity contribution in [3.05, 3.63) is 52.8 Å². The molecule has 0 aliphatic carbocycles. The van der Waals surface area contributed by atoms with E-state index in [-0.39, 0.29) is 18.1 Å². The molecule has 0 saturated heterocycles. The molecule has 0 fully saturated rings. The van der Waals surface area contributed by atoms with Crippen molar-refractivity contribution < 1.29 is 4.79 Å². The van der Waals surface area contributed by atoms with Crippen LogP contribution in [0.25, 0.3) is 0 Å². The van der Waals surface area contributed by atoms with E-state index in [1.54, 1.807) is 0 Å². The van der Waals surface area contributed by atoms with E-state index in [0.717, 1.165) is 34.6 Å². The Kier molecular flexibility index (Phi) is 3.69. The van der Waals surface area contributed by atoms with Gasteiger partial charge in [-0.1, -0.05) is 19.1 Å². The first kappa shape index (κ1) is 14.7. The molecule has 1 aliphatic rings. The zero-order valence-corrected chi connectivity index (χ0v) is 13.6. The van der Waals surface area contributed by atoms with Gasteiger partial charge >= 0.3 is 0 Å². The largest absolute Gasteiger partial charge is 0.362 e. The van der Waals surface area contributed by atoms with Gasteiger partial charge in [-0.25, -0.2) is 0 Å². The Hall–Kier alpha value is -2.23. The summed E-state index contributed by atoms with van der Waals surface area (Å²) in [5.41, 5.74) is 5.03. The van der Waals surface area contributed by atoms with Crippen LogP contribution in [0.2, 0.25) is 0 Å². The van der Waals surface area contributed by atoms with E-state index in [1.807, 2.05) is 36.1 Å². The van der Waals surface area contributed by atoms with Crippen LogP contribution in [0.4, 0.5) is 5.69 Å². The first-order valence-corrected chi connectivity index (χ1v) is 7.87. The Labute approximate surface area is 131 Å². The lowest BCUT2D eigenvalue weighted by molar-refractivity contribution is 0.0593. The van der Waals surface area contributed by atoms with E-state index >= 15 is 0 Å². The number of carbonyl (C=O) groups excluding carboxylic acids is 1. The third-order valence-corrected chi connectivity index (χ3v) is 4.51. The maximum Gasteiger partial charge on any atom is 0.258 e. The second-order valence-corrected chi connectivity index (χ2v) is 6.09. The molecule has 1 aromatic heterocycles. The molecule has 1 amide bonds. The molecule has 0 saturated carbocycles. The quantitative estimate of drug-likeness (QED) is 0.899. The number of benzene rings is 1. The fraction of sp³-hybridized carbons (Fsp3) is 0.389. The number of anilines is 1. The standard InChI is InChI=1S/C18H23N3O/c1-5-12(3)21-17(15-10-11(2)19-13(15)4)20-16-9-7-6-8-14(16)18(21)22/h6-10,12,17,19-20H,5H2,1-4H3/t12-,17-/m1/s1. The third-order valence-electron chi connectivity index (χ3n) is 4.51. The lowest BCUT2D eigenvalue weighted by Crippen LogP contribution is -2.47. The third kappa shape index (κ3) is 2.28. The molecule has 0 radical (unpaired) electrons. The van der Waals surface area contributed by atoms with Crippen LogP contribution >= 0.6 is 0 Å². The molecule has 3 rings (SSSR count). The number of H-pyrrole nitrogens is 1. The molecule has 116 valence electrons. The van der Waals surface area contributed by atoms with Crippen LogP contribution in [0, 0.1) is 13.8 Å². The van der Waals surface area contributed by atoms with E-state index < -0.39 is 0 Å². The number of aromatic amines is 1. The second kappa shape index (κ2) is 5.52. The maximum absolute atomic E-state index is 13.0. The van der Waals surface area contributed by atoms with Crippen molar-refractivity contribution in [3.8, 4) is 0 Å². The molecular formula is C18H23N3O. The van der Waals surface area contributed by atoms with Crippen molar-refractivity contribution in [2.75, 3.05) is 5.32 Å². The minimum atomic E-state index is -0.123. The molecule has 1 aromatic carbocycles. The van der Waals surface area contributed by atoms with Gasteiger partial charge in [-0.15, -0.1) is 0 Å². The van der Waals surface area contributed by atoms with E-state index in [9.17, 15) is 4.79 Å². The maximum atomic E-state index is 13.0. The van der Waals surface area contributed by atoms with Crippen LogP contribution in [0.1, 0.15) is 53.7 Å². The molecule has 2 atom stereocenters. The fourth-order valence-electron chi connectivity index (χ4n) is 3.18.